The van der Waals surface area contributed by atoms with Gasteiger partial charge in [0.2, 0.25) is 0 Å². The van der Waals surface area contributed by atoms with Crippen LogP contribution in [0.4, 0.5) is 0 Å². The first-order chi connectivity index (χ1) is 7.72. The second-order valence-electron chi connectivity index (χ2n) is 3.91. The zero-order chi connectivity index (χ0) is 11.5. The predicted octanol–water partition coefficient (Wildman–Crippen LogP) is 2.92. The van der Waals surface area contributed by atoms with E-state index in [1.54, 1.807) is 0 Å². The molecule has 1 aromatic carbocycles. The minimum atomic E-state index is -0.116. The zero-order valence-corrected chi connectivity index (χ0v) is 9.60. The molecule has 0 fully saturated rings. The van der Waals surface area contributed by atoms with Gasteiger partial charge >= 0.3 is 0 Å². The van der Waals surface area contributed by atoms with Crippen LogP contribution in [0.1, 0.15) is 31.2 Å². The Morgan fingerprint density at radius 3 is 2.75 bits per heavy atom. The first kappa shape index (κ1) is 10.9. The Morgan fingerprint density at radius 2 is 2.12 bits per heavy atom. The topological polar surface area (TPSA) is 52.0 Å². The van der Waals surface area contributed by atoms with Crippen molar-refractivity contribution in [1.29, 1.82) is 0 Å². The lowest BCUT2D eigenvalue weighted by atomic mass is 10.0. The molecule has 2 N–H and O–H groups in total. The number of hydrogen-bond acceptors (Lipinski definition) is 3. The van der Waals surface area contributed by atoms with Crippen LogP contribution in [0.15, 0.2) is 34.9 Å². The van der Waals surface area contributed by atoms with Gasteiger partial charge in [0.1, 0.15) is 5.69 Å². The lowest BCUT2D eigenvalue weighted by molar-refractivity contribution is 0.369. The Labute approximate surface area is 95.3 Å². The van der Waals surface area contributed by atoms with Crippen molar-refractivity contribution in [3.63, 3.8) is 0 Å². The lowest BCUT2D eigenvalue weighted by Crippen LogP contribution is -2.02. The van der Waals surface area contributed by atoms with Crippen molar-refractivity contribution in [2.45, 2.75) is 26.3 Å². The second-order valence-corrected chi connectivity index (χ2v) is 3.91. The summed E-state index contributed by atoms with van der Waals surface area (Å²) >= 11 is 0. The van der Waals surface area contributed by atoms with Gasteiger partial charge in [-0.25, -0.2) is 0 Å². The standard InChI is InChI=1S/C13H16N2O/c1-3-10-6-4-5-7-11(10)12-8-13(9(2)14)16-15-12/h4-9H,3,14H2,1-2H3. The SMILES string of the molecule is CCc1ccccc1-c1cc(C(C)N)on1. The highest BCUT2D eigenvalue weighted by Gasteiger charge is 2.11. The van der Waals surface area contributed by atoms with Gasteiger partial charge in [-0.15, -0.1) is 0 Å². The number of aryl methyl sites for hydroxylation is 1. The van der Waals surface area contributed by atoms with Gasteiger partial charge in [0, 0.05) is 11.6 Å². The van der Waals surface area contributed by atoms with Gasteiger partial charge in [-0.05, 0) is 18.9 Å². The molecule has 0 bridgehead atoms. The third-order valence-corrected chi connectivity index (χ3v) is 2.65. The molecule has 2 rings (SSSR count). The quantitative estimate of drug-likeness (QED) is 0.858. The van der Waals surface area contributed by atoms with Crippen LogP contribution in [0.2, 0.25) is 0 Å². The largest absolute Gasteiger partial charge is 0.359 e. The van der Waals surface area contributed by atoms with Crippen LogP contribution in [-0.2, 0) is 6.42 Å². The van der Waals surface area contributed by atoms with Crippen molar-refractivity contribution >= 4 is 0 Å². The molecule has 1 aromatic heterocycles. The summed E-state index contributed by atoms with van der Waals surface area (Å²) in [7, 11) is 0. The average molecular weight is 216 g/mol. The van der Waals surface area contributed by atoms with E-state index in [2.05, 4.69) is 24.2 Å². The third-order valence-electron chi connectivity index (χ3n) is 2.65. The molecule has 0 aliphatic heterocycles. The lowest BCUT2D eigenvalue weighted by Gasteiger charge is -2.02. The molecule has 0 saturated heterocycles. The number of benzene rings is 1. The normalized spacial score (nSPS) is 12.7. The van der Waals surface area contributed by atoms with Crippen molar-refractivity contribution < 1.29 is 4.52 Å². The van der Waals surface area contributed by atoms with E-state index in [9.17, 15) is 0 Å². The minimum Gasteiger partial charge on any atom is -0.359 e. The Hall–Kier alpha value is -1.61. The Balaban J connectivity index is 2.42. The van der Waals surface area contributed by atoms with Crippen LogP contribution < -0.4 is 5.73 Å². The molecule has 0 spiro atoms. The average Bonchev–Trinajstić information content (AvgIpc) is 2.78. The van der Waals surface area contributed by atoms with Crippen LogP contribution in [0.25, 0.3) is 11.3 Å². The summed E-state index contributed by atoms with van der Waals surface area (Å²) in [5, 5.41) is 4.06. The summed E-state index contributed by atoms with van der Waals surface area (Å²) < 4.78 is 5.20. The minimum absolute atomic E-state index is 0.116. The number of rotatable bonds is 3. The molecule has 0 saturated carbocycles. The van der Waals surface area contributed by atoms with Crippen molar-refractivity contribution in [2.24, 2.45) is 5.73 Å². The molecule has 2 aromatic rings. The Morgan fingerprint density at radius 1 is 1.38 bits per heavy atom. The van der Waals surface area contributed by atoms with Crippen molar-refractivity contribution in [1.82, 2.24) is 5.16 Å². The zero-order valence-electron chi connectivity index (χ0n) is 9.60. The summed E-state index contributed by atoms with van der Waals surface area (Å²) in [4.78, 5) is 0. The number of aromatic nitrogens is 1. The number of hydrogen-bond donors (Lipinski definition) is 1. The molecule has 3 nitrogen and oxygen atoms in total. The summed E-state index contributed by atoms with van der Waals surface area (Å²) in [5.41, 5.74) is 9.00. The molecule has 1 heterocycles. The van der Waals surface area contributed by atoms with Gasteiger partial charge in [-0.3, -0.25) is 0 Å². The van der Waals surface area contributed by atoms with Crippen LogP contribution in [0.3, 0.4) is 0 Å². The molecule has 84 valence electrons. The summed E-state index contributed by atoms with van der Waals surface area (Å²) in [6.07, 6.45) is 0.983. The van der Waals surface area contributed by atoms with E-state index >= 15 is 0 Å². The van der Waals surface area contributed by atoms with Gasteiger partial charge in [-0.2, -0.15) is 0 Å². The fourth-order valence-electron chi connectivity index (χ4n) is 1.71. The molecule has 0 amide bonds. The van der Waals surface area contributed by atoms with Gasteiger partial charge < -0.3 is 10.3 Å². The van der Waals surface area contributed by atoms with Crippen LogP contribution >= 0.6 is 0 Å². The molecule has 1 unspecified atom stereocenters. The molecular formula is C13H16N2O. The first-order valence-electron chi connectivity index (χ1n) is 5.53. The molecule has 0 aliphatic rings. The van der Waals surface area contributed by atoms with Crippen molar-refractivity contribution in [3.8, 4) is 11.3 Å². The Kier molecular flexibility index (Phi) is 3.06. The van der Waals surface area contributed by atoms with Crippen LogP contribution in [0, 0.1) is 0 Å². The highest BCUT2D eigenvalue weighted by molar-refractivity contribution is 5.63. The van der Waals surface area contributed by atoms with Gasteiger partial charge in [0.25, 0.3) is 0 Å². The predicted molar refractivity (Wildman–Crippen MR) is 63.9 cm³/mol. The van der Waals surface area contributed by atoms with Crippen molar-refractivity contribution in [2.75, 3.05) is 0 Å². The molecule has 1 atom stereocenters. The second kappa shape index (κ2) is 4.49. The maximum atomic E-state index is 5.74. The van der Waals surface area contributed by atoms with Crippen LogP contribution in [0.5, 0.6) is 0 Å². The van der Waals surface area contributed by atoms with E-state index in [4.69, 9.17) is 10.3 Å². The maximum absolute atomic E-state index is 5.74. The Bertz CT molecular complexity index is 474. The summed E-state index contributed by atoms with van der Waals surface area (Å²) in [6, 6.07) is 10.0. The fourth-order valence-corrected chi connectivity index (χ4v) is 1.71. The van der Waals surface area contributed by atoms with Gasteiger partial charge in [-0.1, -0.05) is 36.3 Å². The number of nitrogens with zero attached hydrogens (tertiary/aromatic N) is 1. The molecule has 0 aliphatic carbocycles. The van der Waals surface area contributed by atoms with E-state index in [-0.39, 0.29) is 6.04 Å². The smallest absolute Gasteiger partial charge is 0.153 e. The van der Waals surface area contributed by atoms with E-state index in [0.717, 1.165) is 23.4 Å². The summed E-state index contributed by atoms with van der Waals surface area (Å²) in [6.45, 7) is 4.02. The molecule has 3 heteroatoms. The van der Waals surface area contributed by atoms with E-state index in [0.29, 0.717) is 0 Å². The van der Waals surface area contributed by atoms with E-state index in [1.165, 1.54) is 5.56 Å². The monoisotopic (exact) mass is 216 g/mol. The third kappa shape index (κ3) is 1.99. The maximum Gasteiger partial charge on any atom is 0.153 e. The summed E-state index contributed by atoms with van der Waals surface area (Å²) in [5.74, 6) is 0.723. The molecular weight excluding hydrogens is 200 g/mol. The van der Waals surface area contributed by atoms with E-state index in [1.807, 2.05) is 25.1 Å². The van der Waals surface area contributed by atoms with E-state index < -0.39 is 0 Å². The fraction of sp³-hybridized carbons (Fsp3) is 0.308. The molecule has 16 heavy (non-hydrogen) atoms. The van der Waals surface area contributed by atoms with Gasteiger partial charge in [0.15, 0.2) is 5.76 Å². The number of nitrogens with two attached hydrogens (primary N) is 1. The van der Waals surface area contributed by atoms with Crippen molar-refractivity contribution in [3.05, 3.63) is 41.7 Å². The molecule has 0 radical (unpaired) electrons. The van der Waals surface area contributed by atoms with Gasteiger partial charge in [0.05, 0.1) is 6.04 Å². The first-order valence-corrected chi connectivity index (χ1v) is 5.53. The van der Waals surface area contributed by atoms with Crippen LogP contribution in [-0.4, -0.2) is 5.16 Å². The highest BCUT2D eigenvalue weighted by Crippen LogP contribution is 2.25. The highest BCUT2D eigenvalue weighted by atomic mass is 16.5.